The number of hydrogen-bond donors (Lipinski definition) is 1. The number of nitrogens with zero attached hydrogens (tertiary/aromatic N) is 1. The highest BCUT2D eigenvalue weighted by molar-refractivity contribution is 7.99. The average molecular weight is 286 g/mol. The van der Waals surface area contributed by atoms with E-state index in [0.717, 1.165) is 31.6 Å². The summed E-state index contributed by atoms with van der Waals surface area (Å²) in [6, 6.07) is 7.52. The second kappa shape index (κ2) is 7.39. The molecule has 2 rings (SSSR count). The van der Waals surface area contributed by atoms with E-state index in [1.807, 2.05) is 36.0 Å². The molecule has 2 nitrogen and oxygen atoms in total. The third-order valence-electron chi connectivity index (χ3n) is 3.27. The van der Waals surface area contributed by atoms with E-state index in [0.29, 0.717) is 5.02 Å². The molecule has 0 spiro atoms. The molecule has 1 aromatic rings. The number of aliphatic hydroxyl groups excluding tert-OH is 1. The summed E-state index contributed by atoms with van der Waals surface area (Å²) in [5.41, 5.74) is 0.923. The van der Waals surface area contributed by atoms with Crippen LogP contribution in [0.4, 0.5) is 0 Å². The van der Waals surface area contributed by atoms with E-state index in [2.05, 4.69) is 4.90 Å². The van der Waals surface area contributed by atoms with Gasteiger partial charge in [-0.1, -0.05) is 23.7 Å². The van der Waals surface area contributed by atoms with Gasteiger partial charge in [0.25, 0.3) is 0 Å². The van der Waals surface area contributed by atoms with Crippen molar-refractivity contribution < 1.29 is 5.11 Å². The summed E-state index contributed by atoms with van der Waals surface area (Å²) >= 11 is 7.97. The lowest BCUT2D eigenvalue weighted by molar-refractivity contribution is 0.144. The van der Waals surface area contributed by atoms with E-state index in [1.54, 1.807) is 0 Å². The Bertz CT molecular complexity index is 367. The van der Waals surface area contributed by atoms with E-state index in [9.17, 15) is 5.11 Å². The summed E-state index contributed by atoms with van der Waals surface area (Å²) in [5.74, 6) is 2.49. The number of halogens is 1. The first-order valence-corrected chi connectivity index (χ1v) is 8.02. The summed E-state index contributed by atoms with van der Waals surface area (Å²) in [5, 5.41) is 10.8. The first kappa shape index (κ1) is 14.2. The van der Waals surface area contributed by atoms with Gasteiger partial charge in [-0.25, -0.2) is 0 Å². The molecule has 1 saturated heterocycles. The molecule has 1 N–H and O–H groups in total. The zero-order chi connectivity index (χ0) is 12.8. The Kier molecular flexibility index (Phi) is 5.83. The molecule has 100 valence electrons. The molecule has 1 fully saturated rings. The monoisotopic (exact) mass is 285 g/mol. The molecule has 0 bridgehead atoms. The van der Waals surface area contributed by atoms with Gasteiger partial charge in [0.05, 0.1) is 6.10 Å². The van der Waals surface area contributed by atoms with Crippen molar-refractivity contribution >= 4 is 23.4 Å². The van der Waals surface area contributed by atoms with Crippen LogP contribution in [0.25, 0.3) is 0 Å². The van der Waals surface area contributed by atoms with Crippen molar-refractivity contribution in [2.75, 3.05) is 31.1 Å². The molecule has 1 atom stereocenters. The molecule has 0 amide bonds. The van der Waals surface area contributed by atoms with Crippen LogP contribution in [0.5, 0.6) is 0 Å². The highest BCUT2D eigenvalue weighted by atomic mass is 35.5. The molecule has 0 radical (unpaired) electrons. The zero-order valence-corrected chi connectivity index (χ0v) is 12.1. The van der Waals surface area contributed by atoms with Crippen molar-refractivity contribution in [2.24, 2.45) is 0 Å². The summed E-state index contributed by atoms with van der Waals surface area (Å²) in [7, 11) is 0. The Morgan fingerprint density at radius 2 is 2.22 bits per heavy atom. The maximum Gasteiger partial charge on any atom is 0.0802 e. The van der Waals surface area contributed by atoms with Crippen LogP contribution >= 0.6 is 23.4 Å². The number of hydrogen-bond acceptors (Lipinski definition) is 3. The third kappa shape index (κ3) is 4.47. The predicted molar refractivity (Wildman–Crippen MR) is 79.4 cm³/mol. The molecule has 1 heterocycles. The molecule has 1 unspecified atom stereocenters. The minimum Gasteiger partial charge on any atom is -0.388 e. The van der Waals surface area contributed by atoms with E-state index < -0.39 is 6.10 Å². The van der Waals surface area contributed by atoms with Crippen LogP contribution < -0.4 is 0 Å². The summed E-state index contributed by atoms with van der Waals surface area (Å²) in [6.07, 6.45) is 1.64. The quantitative estimate of drug-likeness (QED) is 0.919. The molecular formula is C14H20ClNOS. The Hall–Kier alpha value is -0.220. The standard InChI is InChI=1S/C14H20ClNOS/c15-13-4-1-3-12(11-13)14(17)5-7-16-6-2-9-18-10-8-16/h1,3-4,11,14,17H,2,5-10H2. The topological polar surface area (TPSA) is 23.5 Å². The van der Waals surface area contributed by atoms with Gasteiger partial charge in [-0.15, -0.1) is 0 Å². The fourth-order valence-corrected chi connectivity index (χ4v) is 3.33. The summed E-state index contributed by atoms with van der Waals surface area (Å²) in [4.78, 5) is 2.45. The van der Waals surface area contributed by atoms with Crippen LogP contribution in [0.2, 0.25) is 5.02 Å². The first-order chi connectivity index (χ1) is 8.75. The zero-order valence-electron chi connectivity index (χ0n) is 10.5. The Morgan fingerprint density at radius 1 is 1.33 bits per heavy atom. The fourth-order valence-electron chi connectivity index (χ4n) is 2.21. The molecule has 4 heteroatoms. The Labute approximate surface area is 118 Å². The number of benzene rings is 1. The minimum atomic E-state index is -0.403. The maximum atomic E-state index is 10.2. The number of aliphatic hydroxyl groups is 1. The van der Waals surface area contributed by atoms with Crippen LogP contribution in [0.1, 0.15) is 24.5 Å². The van der Waals surface area contributed by atoms with Crippen molar-refractivity contribution in [3.8, 4) is 0 Å². The van der Waals surface area contributed by atoms with E-state index >= 15 is 0 Å². The highest BCUT2D eigenvalue weighted by Crippen LogP contribution is 2.21. The lowest BCUT2D eigenvalue weighted by atomic mass is 10.1. The lowest BCUT2D eigenvalue weighted by Gasteiger charge is -2.21. The molecule has 0 aliphatic carbocycles. The maximum absolute atomic E-state index is 10.2. The van der Waals surface area contributed by atoms with Crippen LogP contribution in [0.15, 0.2) is 24.3 Å². The van der Waals surface area contributed by atoms with Gasteiger partial charge in [0.2, 0.25) is 0 Å². The smallest absolute Gasteiger partial charge is 0.0802 e. The van der Waals surface area contributed by atoms with Gasteiger partial charge in [0.15, 0.2) is 0 Å². The molecule has 0 saturated carbocycles. The summed E-state index contributed by atoms with van der Waals surface area (Å²) in [6.45, 7) is 3.27. The average Bonchev–Trinajstić information content (AvgIpc) is 2.64. The first-order valence-electron chi connectivity index (χ1n) is 6.49. The third-order valence-corrected chi connectivity index (χ3v) is 4.55. The van der Waals surface area contributed by atoms with E-state index in [-0.39, 0.29) is 0 Å². The highest BCUT2D eigenvalue weighted by Gasteiger charge is 2.13. The second-order valence-corrected chi connectivity index (χ2v) is 6.33. The van der Waals surface area contributed by atoms with Gasteiger partial charge >= 0.3 is 0 Å². The van der Waals surface area contributed by atoms with E-state index in [4.69, 9.17) is 11.6 Å². The predicted octanol–water partition coefficient (Wildman–Crippen LogP) is 3.20. The van der Waals surface area contributed by atoms with Crippen LogP contribution in [-0.2, 0) is 0 Å². The van der Waals surface area contributed by atoms with Gasteiger partial charge in [0, 0.05) is 23.9 Å². The van der Waals surface area contributed by atoms with Gasteiger partial charge in [-0.3, -0.25) is 0 Å². The van der Waals surface area contributed by atoms with Crippen LogP contribution in [0, 0.1) is 0 Å². The van der Waals surface area contributed by atoms with Gasteiger partial charge in [-0.05, 0) is 42.8 Å². The minimum absolute atomic E-state index is 0.403. The number of rotatable bonds is 4. The fraction of sp³-hybridized carbons (Fsp3) is 0.571. The second-order valence-electron chi connectivity index (χ2n) is 4.67. The van der Waals surface area contributed by atoms with E-state index in [1.165, 1.54) is 17.9 Å². The van der Waals surface area contributed by atoms with Crippen molar-refractivity contribution in [3.63, 3.8) is 0 Å². The lowest BCUT2D eigenvalue weighted by Crippen LogP contribution is -2.28. The molecule has 1 aromatic carbocycles. The molecule has 18 heavy (non-hydrogen) atoms. The molecule has 1 aliphatic rings. The van der Waals surface area contributed by atoms with Crippen molar-refractivity contribution in [3.05, 3.63) is 34.9 Å². The largest absolute Gasteiger partial charge is 0.388 e. The number of thioether (sulfide) groups is 1. The van der Waals surface area contributed by atoms with Crippen LogP contribution in [0.3, 0.4) is 0 Å². The van der Waals surface area contributed by atoms with Crippen LogP contribution in [-0.4, -0.2) is 41.1 Å². The SMILES string of the molecule is OC(CCN1CCCSCC1)c1cccc(Cl)c1. The Balaban J connectivity index is 1.82. The molecule has 1 aliphatic heterocycles. The molecular weight excluding hydrogens is 266 g/mol. The van der Waals surface area contributed by atoms with Gasteiger partial charge < -0.3 is 10.0 Å². The van der Waals surface area contributed by atoms with Crippen molar-refractivity contribution in [2.45, 2.75) is 18.9 Å². The molecule has 0 aromatic heterocycles. The van der Waals surface area contributed by atoms with Crippen molar-refractivity contribution in [1.29, 1.82) is 0 Å². The Morgan fingerprint density at radius 3 is 3.06 bits per heavy atom. The van der Waals surface area contributed by atoms with Gasteiger partial charge in [-0.2, -0.15) is 11.8 Å². The summed E-state index contributed by atoms with van der Waals surface area (Å²) < 4.78 is 0. The van der Waals surface area contributed by atoms with Crippen molar-refractivity contribution in [1.82, 2.24) is 4.90 Å². The normalized spacial score (nSPS) is 19.4. The van der Waals surface area contributed by atoms with Gasteiger partial charge in [0.1, 0.15) is 0 Å².